The highest BCUT2D eigenvalue weighted by Crippen LogP contribution is 2.23. The van der Waals surface area contributed by atoms with E-state index in [1.807, 2.05) is 13.0 Å². The van der Waals surface area contributed by atoms with Crippen molar-refractivity contribution in [3.63, 3.8) is 0 Å². The van der Waals surface area contributed by atoms with Crippen LogP contribution in [0.15, 0.2) is 23.3 Å². The van der Waals surface area contributed by atoms with E-state index < -0.39 is 0 Å². The van der Waals surface area contributed by atoms with Crippen molar-refractivity contribution in [2.75, 3.05) is 5.73 Å². The molecule has 1 atom stereocenters. The number of benzene rings is 1. The van der Waals surface area contributed by atoms with E-state index in [1.165, 1.54) is 0 Å². The molecule has 4 nitrogen and oxygen atoms in total. The van der Waals surface area contributed by atoms with E-state index in [0.29, 0.717) is 17.1 Å². The first-order valence-corrected chi connectivity index (χ1v) is 5.37. The van der Waals surface area contributed by atoms with Crippen molar-refractivity contribution < 1.29 is 4.79 Å². The van der Waals surface area contributed by atoms with Crippen molar-refractivity contribution in [2.45, 2.75) is 13.3 Å². The molecule has 1 amide bonds. The molecule has 84 valence electrons. The zero-order chi connectivity index (χ0) is 11.7. The zero-order valence-electron chi connectivity index (χ0n) is 8.83. The Kier molecular flexibility index (Phi) is 2.83. The highest BCUT2D eigenvalue weighted by Gasteiger charge is 2.21. The van der Waals surface area contributed by atoms with Gasteiger partial charge in [-0.2, -0.15) is 5.10 Å². The lowest BCUT2D eigenvalue weighted by atomic mass is 9.94. The number of halogens is 1. The van der Waals surface area contributed by atoms with E-state index >= 15 is 0 Å². The van der Waals surface area contributed by atoms with E-state index in [9.17, 15) is 4.79 Å². The molecule has 0 spiro atoms. The Morgan fingerprint density at radius 3 is 2.94 bits per heavy atom. The van der Waals surface area contributed by atoms with Gasteiger partial charge in [0.1, 0.15) is 0 Å². The minimum absolute atomic E-state index is 0.0572. The summed E-state index contributed by atoms with van der Waals surface area (Å²) in [4.78, 5) is 11.1. The number of nitrogen functional groups attached to an aromatic ring is 1. The third kappa shape index (κ3) is 2.02. The van der Waals surface area contributed by atoms with Crippen molar-refractivity contribution in [3.05, 3.63) is 28.8 Å². The first-order valence-electron chi connectivity index (χ1n) is 4.99. The lowest BCUT2D eigenvalue weighted by Crippen LogP contribution is -2.31. The third-order valence-electron chi connectivity index (χ3n) is 2.55. The summed E-state index contributed by atoms with van der Waals surface area (Å²) >= 11 is 5.84. The molecule has 1 aliphatic heterocycles. The molecular weight excluding hydrogens is 226 g/mol. The molecule has 0 saturated heterocycles. The van der Waals surface area contributed by atoms with Gasteiger partial charge in [-0.25, -0.2) is 5.43 Å². The fourth-order valence-electron chi connectivity index (χ4n) is 1.71. The number of nitrogens with zero attached hydrogens (tertiary/aromatic N) is 1. The Bertz CT molecular complexity index is 470. The number of rotatable bonds is 1. The van der Waals surface area contributed by atoms with Gasteiger partial charge in [-0.1, -0.05) is 24.6 Å². The smallest absolute Gasteiger partial charge is 0.240 e. The van der Waals surface area contributed by atoms with Gasteiger partial charge in [0.2, 0.25) is 5.91 Å². The monoisotopic (exact) mass is 237 g/mol. The second kappa shape index (κ2) is 4.14. The maximum atomic E-state index is 11.1. The second-order valence-corrected chi connectivity index (χ2v) is 4.28. The molecule has 1 unspecified atom stereocenters. The Hall–Kier alpha value is -1.55. The van der Waals surface area contributed by atoms with Gasteiger partial charge < -0.3 is 5.73 Å². The van der Waals surface area contributed by atoms with Crippen molar-refractivity contribution in [3.8, 4) is 0 Å². The first kappa shape index (κ1) is 11.0. The fourth-order valence-corrected chi connectivity index (χ4v) is 1.82. The van der Waals surface area contributed by atoms with E-state index in [0.717, 1.165) is 11.3 Å². The van der Waals surface area contributed by atoms with Gasteiger partial charge in [0, 0.05) is 17.9 Å². The molecule has 1 aromatic rings. The number of hydrogen-bond acceptors (Lipinski definition) is 3. The first-order chi connectivity index (χ1) is 7.58. The van der Waals surface area contributed by atoms with Gasteiger partial charge in [-0.05, 0) is 12.1 Å². The highest BCUT2D eigenvalue weighted by molar-refractivity contribution is 6.33. The van der Waals surface area contributed by atoms with Crippen molar-refractivity contribution in [1.82, 2.24) is 5.43 Å². The third-order valence-corrected chi connectivity index (χ3v) is 2.90. The summed E-state index contributed by atoms with van der Waals surface area (Å²) in [5.74, 6) is 0.0347. The lowest BCUT2D eigenvalue weighted by molar-refractivity contribution is -0.121. The Morgan fingerprint density at radius 1 is 1.56 bits per heavy atom. The van der Waals surface area contributed by atoms with E-state index in [1.54, 1.807) is 12.1 Å². The second-order valence-electron chi connectivity index (χ2n) is 3.87. The molecular formula is C11H12ClN3O. The molecule has 0 aromatic heterocycles. The fraction of sp³-hybridized carbons (Fsp3) is 0.273. The normalized spacial score (nSPS) is 20.2. The maximum absolute atomic E-state index is 11.1. The summed E-state index contributed by atoms with van der Waals surface area (Å²) in [7, 11) is 0. The van der Waals surface area contributed by atoms with Crippen LogP contribution in [0.4, 0.5) is 5.69 Å². The maximum Gasteiger partial charge on any atom is 0.240 e. The quantitative estimate of drug-likeness (QED) is 0.731. The van der Waals surface area contributed by atoms with Crippen LogP contribution in [0.5, 0.6) is 0 Å². The van der Waals surface area contributed by atoms with Crippen molar-refractivity contribution in [2.24, 2.45) is 11.0 Å². The van der Waals surface area contributed by atoms with Gasteiger partial charge >= 0.3 is 0 Å². The molecule has 0 radical (unpaired) electrons. The summed E-state index contributed by atoms with van der Waals surface area (Å²) in [6.07, 6.45) is 0.446. The number of carbonyl (C=O) groups is 1. The van der Waals surface area contributed by atoms with Crippen LogP contribution in [0.25, 0.3) is 0 Å². The Morgan fingerprint density at radius 2 is 2.31 bits per heavy atom. The van der Waals surface area contributed by atoms with Gasteiger partial charge in [-0.15, -0.1) is 0 Å². The average molecular weight is 238 g/mol. The molecule has 3 N–H and O–H groups in total. The van der Waals surface area contributed by atoms with Crippen LogP contribution in [0.2, 0.25) is 5.02 Å². The van der Waals surface area contributed by atoms with Crippen LogP contribution in [-0.2, 0) is 4.79 Å². The van der Waals surface area contributed by atoms with Crippen LogP contribution in [0.3, 0.4) is 0 Å². The van der Waals surface area contributed by atoms with E-state index in [-0.39, 0.29) is 11.8 Å². The largest absolute Gasteiger partial charge is 0.398 e. The lowest BCUT2D eigenvalue weighted by Gasteiger charge is -2.19. The number of hydrogen-bond donors (Lipinski definition) is 2. The van der Waals surface area contributed by atoms with Crippen LogP contribution in [0.1, 0.15) is 18.9 Å². The molecule has 5 heteroatoms. The topological polar surface area (TPSA) is 67.5 Å². The van der Waals surface area contributed by atoms with Crippen LogP contribution < -0.4 is 11.2 Å². The SMILES string of the molecule is CC1CC(=O)NN=C1c1ccc(Cl)c(N)c1. The summed E-state index contributed by atoms with van der Waals surface area (Å²) in [5.41, 5.74) is 10.4. The molecule has 0 fully saturated rings. The Labute approximate surface area is 98.5 Å². The molecule has 2 rings (SSSR count). The standard InChI is InChI=1S/C11H12ClN3O/c1-6-4-10(16)14-15-11(6)7-2-3-8(12)9(13)5-7/h2-3,5-6H,4,13H2,1H3,(H,14,16). The Balaban J connectivity index is 2.37. The van der Waals surface area contributed by atoms with Gasteiger partial charge in [0.15, 0.2) is 0 Å². The molecule has 0 aliphatic carbocycles. The molecule has 16 heavy (non-hydrogen) atoms. The van der Waals surface area contributed by atoms with Crippen LogP contribution >= 0.6 is 11.6 Å². The minimum atomic E-state index is -0.0572. The molecule has 0 bridgehead atoms. The zero-order valence-corrected chi connectivity index (χ0v) is 9.58. The summed E-state index contributed by atoms with van der Waals surface area (Å²) in [5, 5.41) is 4.58. The summed E-state index contributed by atoms with van der Waals surface area (Å²) in [6.45, 7) is 1.96. The number of hydrazone groups is 1. The molecule has 0 saturated carbocycles. The number of nitrogens with one attached hydrogen (secondary N) is 1. The molecule has 1 aliphatic rings. The predicted octanol–water partition coefficient (Wildman–Crippen LogP) is 1.78. The van der Waals surface area contributed by atoms with Gasteiger partial charge in [0.05, 0.1) is 16.4 Å². The summed E-state index contributed by atoms with van der Waals surface area (Å²) < 4.78 is 0. The van der Waals surface area contributed by atoms with Crippen LogP contribution in [-0.4, -0.2) is 11.6 Å². The van der Waals surface area contributed by atoms with E-state index in [2.05, 4.69) is 10.5 Å². The predicted molar refractivity (Wildman–Crippen MR) is 64.3 cm³/mol. The minimum Gasteiger partial charge on any atom is -0.398 e. The van der Waals surface area contributed by atoms with Crippen molar-refractivity contribution in [1.29, 1.82) is 0 Å². The average Bonchev–Trinajstić information content (AvgIpc) is 2.22. The molecule has 1 aromatic carbocycles. The number of carbonyl (C=O) groups excluding carboxylic acids is 1. The highest BCUT2D eigenvalue weighted by atomic mass is 35.5. The molecule has 1 heterocycles. The number of amides is 1. The van der Waals surface area contributed by atoms with E-state index in [4.69, 9.17) is 17.3 Å². The number of anilines is 1. The number of nitrogens with two attached hydrogens (primary N) is 1. The van der Waals surface area contributed by atoms with Crippen LogP contribution in [0, 0.1) is 5.92 Å². The van der Waals surface area contributed by atoms with Gasteiger partial charge in [0.25, 0.3) is 0 Å². The summed E-state index contributed by atoms with van der Waals surface area (Å²) in [6, 6.07) is 5.36. The van der Waals surface area contributed by atoms with Crippen molar-refractivity contribution >= 4 is 28.9 Å². The van der Waals surface area contributed by atoms with Gasteiger partial charge in [-0.3, -0.25) is 4.79 Å².